The zero-order chi connectivity index (χ0) is 18.9. The first-order valence-electron chi connectivity index (χ1n) is 8.75. The number of methoxy groups -OCH3 is 2. The fraction of sp³-hybridized carbons (Fsp3) is 0.550. The quantitative estimate of drug-likeness (QED) is 0.772. The van der Waals surface area contributed by atoms with Gasteiger partial charge in [-0.3, -0.25) is 4.79 Å². The van der Waals surface area contributed by atoms with Gasteiger partial charge in [0.05, 0.1) is 26.9 Å². The Morgan fingerprint density at radius 1 is 1.35 bits per heavy atom. The molecule has 0 aromatic heterocycles. The van der Waals surface area contributed by atoms with Crippen LogP contribution in [0.1, 0.15) is 25.3 Å². The second-order valence-corrected chi connectivity index (χ2v) is 6.89. The van der Waals surface area contributed by atoms with Crippen molar-refractivity contribution in [1.29, 1.82) is 0 Å². The van der Waals surface area contributed by atoms with E-state index in [4.69, 9.17) is 9.47 Å². The number of hydrogen-bond donors (Lipinski definition) is 2. The molecule has 1 saturated heterocycles. The van der Waals surface area contributed by atoms with Crippen LogP contribution in [-0.4, -0.2) is 53.5 Å². The van der Waals surface area contributed by atoms with E-state index in [2.05, 4.69) is 11.8 Å². The van der Waals surface area contributed by atoms with Gasteiger partial charge in [-0.15, -0.1) is 5.92 Å². The van der Waals surface area contributed by atoms with Crippen molar-refractivity contribution in [2.45, 2.75) is 38.0 Å². The summed E-state index contributed by atoms with van der Waals surface area (Å²) in [5, 5.41) is 20.1. The highest BCUT2D eigenvalue weighted by Crippen LogP contribution is 2.51. The van der Waals surface area contributed by atoms with E-state index in [9.17, 15) is 15.0 Å². The number of nitrogens with zero attached hydrogens (tertiary/aromatic N) is 1. The number of fused-ring (bicyclic) bond motifs is 1. The van der Waals surface area contributed by atoms with Gasteiger partial charge in [0, 0.05) is 42.9 Å². The standard InChI is InChI=1S/C20H25NO5/c1-4-7-20-10-17(23)15(12-22)16(20)9-19(24)21(20)11-13-5-6-14(25-2)8-18(13)26-3/h5-6,8,15-17,22-23H,9-12H2,1-3H3. The van der Waals surface area contributed by atoms with Crippen LogP contribution in [0.3, 0.4) is 0 Å². The maximum Gasteiger partial charge on any atom is 0.224 e. The average Bonchev–Trinajstić information content (AvgIpc) is 3.04. The maximum absolute atomic E-state index is 12.8. The van der Waals surface area contributed by atoms with E-state index in [1.807, 2.05) is 12.1 Å². The Hall–Kier alpha value is -2.23. The molecule has 0 spiro atoms. The van der Waals surface area contributed by atoms with Crippen LogP contribution in [0.4, 0.5) is 0 Å². The van der Waals surface area contributed by atoms with Crippen molar-refractivity contribution in [1.82, 2.24) is 4.90 Å². The second-order valence-electron chi connectivity index (χ2n) is 6.89. The SMILES string of the molecule is CC#CC12CC(O)C(CO)C1CC(=O)N2Cc1ccc(OC)cc1OC. The summed E-state index contributed by atoms with van der Waals surface area (Å²) < 4.78 is 10.7. The van der Waals surface area contributed by atoms with Gasteiger partial charge in [0.15, 0.2) is 0 Å². The summed E-state index contributed by atoms with van der Waals surface area (Å²) >= 11 is 0. The molecule has 2 fully saturated rings. The molecule has 1 heterocycles. The van der Waals surface area contributed by atoms with Crippen molar-refractivity contribution < 1.29 is 24.5 Å². The lowest BCUT2D eigenvalue weighted by Gasteiger charge is -2.35. The normalized spacial score (nSPS) is 30.0. The number of amides is 1. The van der Waals surface area contributed by atoms with E-state index in [0.717, 1.165) is 5.56 Å². The number of carbonyl (C=O) groups excluding carboxylic acids is 1. The average molecular weight is 359 g/mol. The second kappa shape index (κ2) is 7.18. The van der Waals surface area contributed by atoms with Crippen molar-refractivity contribution in [3.8, 4) is 23.3 Å². The number of likely N-dealkylation sites (tertiary alicyclic amines) is 1. The first-order chi connectivity index (χ1) is 12.5. The molecule has 2 aliphatic rings. The van der Waals surface area contributed by atoms with Crippen molar-refractivity contribution in [3.63, 3.8) is 0 Å². The Morgan fingerprint density at radius 2 is 2.12 bits per heavy atom. The minimum atomic E-state index is -0.746. The molecule has 3 rings (SSSR count). The molecule has 6 nitrogen and oxygen atoms in total. The number of aliphatic hydroxyl groups excluding tert-OH is 2. The molecule has 0 radical (unpaired) electrons. The molecule has 6 heteroatoms. The Kier molecular flexibility index (Phi) is 5.12. The van der Waals surface area contributed by atoms with E-state index in [1.165, 1.54) is 0 Å². The van der Waals surface area contributed by atoms with Crippen LogP contribution >= 0.6 is 0 Å². The molecule has 1 aromatic carbocycles. The molecular formula is C20H25NO5. The smallest absolute Gasteiger partial charge is 0.224 e. The van der Waals surface area contributed by atoms with Crippen LogP contribution in [-0.2, 0) is 11.3 Å². The molecule has 26 heavy (non-hydrogen) atoms. The van der Waals surface area contributed by atoms with Crippen molar-refractivity contribution in [2.75, 3.05) is 20.8 Å². The zero-order valence-electron chi connectivity index (χ0n) is 15.4. The van der Waals surface area contributed by atoms with E-state index in [1.54, 1.807) is 32.1 Å². The van der Waals surface area contributed by atoms with Crippen molar-refractivity contribution in [3.05, 3.63) is 23.8 Å². The fourth-order valence-corrected chi connectivity index (χ4v) is 4.45. The maximum atomic E-state index is 12.8. The molecule has 1 aromatic rings. The van der Waals surface area contributed by atoms with Crippen molar-refractivity contribution >= 4 is 5.91 Å². The summed E-state index contributed by atoms with van der Waals surface area (Å²) in [6.07, 6.45) is -0.0252. The molecule has 2 N–H and O–H groups in total. The highest BCUT2D eigenvalue weighted by molar-refractivity contribution is 5.82. The van der Waals surface area contributed by atoms with Crippen LogP contribution < -0.4 is 9.47 Å². The monoisotopic (exact) mass is 359 g/mol. The van der Waals surface area contributed by atoms with Gasteiger partial charge in [-0.1, -0.05) is 5.92 Å². The predicted molar refractivity (Wildman–Crippen MR) is 95.6 cm³/mol. The lowest BCUT2D eigenvalue weighted by molar-refractivity contribution is -0.131. The van der Waals surface area contributed by atoms with Crippen LogP contribution in [0.5, 0.6) is 11.5 Å². The van der Waals surface area contributed by atoms with Gasteiger partial charge in [0.1, 0.15) is 17.0 Å². The minimum Gasteiger partial charge on any atom is -0.497 e. The number of ether oxygens (including phenoxy) is 2. The van der Waals surface area contributed by atoms with E-state index >= 15 is 0 Å². The molecule has 1 aliphatic carbocycles. The van der Waals surface area contributed by atoms with Gasteiger partial charge in [0.25, 0.3) is 0 Å². The molecule has 4 atom stereocenters. The highest BCUT2D eigenvalue weighted by Gasteiger charge is 2.61. The lowest BCUT2D eigenvalue weighted by atomic mass is 9.84. The largest absolute Gasteiger partial charge is 0.497 e. The first kappa shape index (κ1) is 18.6. The summed E-state index contributed by atoms with van der Waals surface area (Å²) in [4.78, 5) is 14.5. The third-order valence-electron chi connectivity index (χ3n) is 5.70. The fourth-order valence-electron chi connectivity index (χ4n) is 4.45. The highest BCUT2D eigenvalue weighted by atomic mass is 16.5. The third kappa shape index (κ3) is 2.81. The van der Waals surface area contributed by atoms with Gasteiger partial charge >= 0.3 is 0 Å². The molecule has 1 amide bonds. The summed E-state index contributed by atoms with van der Waals surface area (Å²) in [7, 11) is 3.17. The number of carbonyl (C=O) groups is 1. The van der Waals surface area contributed by atoms with Gasteiger partial charge in [-0.05, 0) is 19.1 Å². The molecule has 4 unspecified atom stereocenters. The predicted octanol–water partition coefficient (Wildman–Crippen LogP) is 1.19. The Labute approximate surface area is 153 Å². The van der Waals surface area contributed by atoms with E-state index < -0.39 is 11.6 Å². The number of benzene rings is 1. The minimum absolute atomic E-state index is 0.0130. The zero-order valence-corrected chi connectivity index (χ0v) is 15.4. The summed E-state index contributed by atoms with van der Waals surface area (Å²) in [6, 6.07) is 5.49. The topological polar surface area (TPSA) is 79.2 Å². The Bertz CT molecular complexity index is 752. The Balaban J connectivity index is 1.98. The van der Waals surface area contributed by atoms with Gasteiger partial charge in [-0.25, -0.2) is 0 Å². The number of rotatable bonds is 5. The van der Waals surface area contributed by atoms with Crippen LogP contribution in [0, 0.1) is 23.7 Å². The van der Waals surface area contributed by atoms with E-state index in [0.29, 0.717) is 24.5 Å². The number of hydrogen-bond acceptors (Lipinski definition) is 5. The third-order valence-corrected chi connectivity index (χ3v) is 5.70. The van der Waals surface area contributed by atoms with Crippen LogP contribution in [0.15, 0.2) is 18.2 Å². The Morgan fingerprint density at radius 3 is 2.73 bits per heavy atom. The van der Waals surface area contributed by atoms with Crippen LogP contribution in [0.2, 0.25) is 0 Å². The molecule has 0 bridgehead atoms. The van der Waals surface area contributed by atoms with Crippen LogP contribution in [0.25, 0.3) is 0 Å². The van der Waals surface area contributed by atoms with Crippen molar-refractivity contribution in [2.24, 2.45) is 11.8 Å². The van der Waals surface area contributed by atoms with Gasteiger partial charge in [-0.2, -0.15) is 0 Å². The molecular weight excluding hydrogens is 334 g/mol. The molecule has 1 saturated carbocycles. The molecule has 1 aliphatic heterocycles. The lowest BCUT2D eigenvalue weighted by Crippen LogP contribution is -2.46. The van der Waals surface area contributed by atoms with Gasteiger partial charge in [0.2, 0.25) is 5.91 Å². The first-order valence-corrected chi connectivity index (χ1v) is 8.75. The summed E-state index contributed by atoms with van der Waals surface area (Å²) in [5.74, 6) is 6.92. The molecule has 140 valence electrons. The summed E-state index contributed by atoms with van der Waals surface area (Å²) in [5.41, 5.74) is 0.102. The number of aliphatic hydroxyl groups is 2. The van der Waals surface area contributed by atoms with Gasteiger partial charge < -0.3 is 24.6 Å². The van der Waals surface area contributed by atoms with E-state index in [-0.39, 0.29) is 30.8 Å². The summed E-state index contributed by atoms with van der Waals surface area (Å²) in [6.45, 7) is 1.92.